The van der Waals surface area contributed by atoms with Crippen LogP contribution in [0.5, 0.6) is 0 Å². The summed E-state index contributed by atoms with van der Waals surface area (Å²) in [4.78, 5) is 26.4. The zero-order valence-electron chi connectivity index (χ0n) is 13.7. The van der Waals surface area contributed by atoms with Crippen molar-refractivity contribution in [2.45, 2.75) is 38.0 Å². The van der Waals surface area contributed by atoms with E-state index >= 15 is 0 Å². The molecule has 1 aliphatic heterocycles. The highest BCUT2D eigenvalue weighted by atomic mass is 16.5. The van der Waals surface area contributed by atoms with Gasteiger partial charge < -0.3 is 14.4 Å². The largest absolute Gasteiger partial charge is 0.381 e. The van der Waals surface area contributed by atoms with Crippen molar-refractivity contribution in [3.63, 3.8) is 0 Å². The van der Waals surface area contributed by atoms with Crippen molar-refractivity contribution in [1.29, 1.82) is 0 Å². The van der Waals surface area contributed by atoms with Crippen LogP contribution >= 0.6 is 0 Å². The summed E-state index contributed by atoms with van der Waals surface area (Å²) in [5.41, 5.74) is -0.279. The van der Waals surface area contributed by atoms with E-state index in [1.54, 1.807) is 14.2 Å². The number of amides is 1. The second-order valence-corrected chi connectivity index (χ2v) is 6.28. The molecule has 1 saturated carbocycles. The molecule has 0 radical (unpaired) electrons. The minimum atomic E-state index is -0.279. The Balaban J connectivity index is 1.74. The number of carbonyl (C=O) groups is 1. The Morgan fingerprint density at radius 1 is 1.48 bits per heavy atom. The summed E-state index contributed by atoms with van der Waals surface area (Å²) in [6.45, 7) is 1.59. The molecule has 0 aromatic carbocycles. The fourth-order valence-electron chi connectivity index (χ4n) is 3.72. The Morgan fingerprint density at radius 2 is 2.30 bits per heavy atom. The van der Waals surface area contributed by atoms with Crippen LogP contribution in [-0.2, 0) is 27.9 Å². The average molecular weight is 324 g/mol. The predicted octanol–water partition coefficient (Wildman–Crippen LogP) is -0.376. The lowest BCUT2D eigenvalue weighted by Crippen LogP contribution is -2.55. The van der Waals surface area contributed by atoms with Gasteiger partial charge in [0.2, 0.25) is 5.91 Å². The van der Waals surface area contributed by atoms with Gasteiger partial charge in [0.15, 0.2) is 0 Å². The number of nitrogens with zero attached hydrogens (tertiary/aromatic N) is 4. The van der Waals surface area contributed by atoms with Gasteiger partial charge in [-0.25, -0.2) is 9.48 Å². The van der Waals surface area contributed by atoms with Crippen molar-refractivity contribution in [2.24, 2.45) is 13.0 Å². The van der Waals surface area contributed by atoms with Crippen molar-refractivity contribution in [3.8, 4) is 0 Å². The smallest absolute Gasteiger partial charge is 0.345 e. The van der Waals surface area contributed by atoms with Crippen LogP contribution in [-0.4, -0.2) is 64.2 Å². The second-order valence-electron chi connectivity index (χ2n) is 6.28. The molecular weight excluding hydrogens is 300 g/mol. The molecule has 8 nitrogen and oxygen atoms in total. The number of rotatable bonds is 4. The molecule has 1 saturated heterocycles. The summed E-state index contributed by atoms with van der Waals surface area (Å²) < 4.78 is 13.8. The maximum absolute atomic E-state index is 12.7. The molecule has 3 unspecified atom stereocenters. The van der Waals surface area contributed by atoms with Crippen molar-refractivity contribution in [1.82, 2.24) is 19.2 Å². The van der Waals surface area contributed by atoms with E-state index in [0.29, 0.717) is 25.7 Å². The van der Waals surface area contributed by atoms with Gasteiger partial charge in [-0.1, -0.05) is 6.42 Å². The number of ether oxygens (including phenoxy) is 2. The first kappa shape index (κ1) is 16.2. The van der Waals surface area contributed by atoms with E-state index in [0.717, 1.165) is 19.3 Å². The van der Waals surface area contributed by atoms with Gasteiger partial charge in [-0.05, 0) is 12.8 Å². The molecule has 1 amide bonds. The zero-order valence-corrected chi connectivity index (χ0v) is 13.7. The molecule has 1 aliphatic carbocycles. The van der Waals surface area contributed by atoms with Gasteiger partial charge >= 0.3 is 5.69 Å². The van der Waals surface area contributed by atoms with Crippen molar-refractivity contribution in [2.75, 3.05) is 26.9 Å². The SMILES string of the molecule is COC1CCCC1C1COCCN1C(=O)Cn1ncn(C)c1=O. The maximum Gasteiger partial charge on any atom is 0.345 e. The third kappa shape index (κ3) is 3.18. The molecule has 3 rings (SSSR count). The highest BCUT2D eigenvalue weighted by Crippen LogP contribution is 2.34. The third-order valence-electron chi connectivity index (χ3n) is 4.96. The number of morpholine rings is 1. The molecule has 0 bridgehead atoms. The van der Waals surface area contributed by atoms with Crippen molar-refractivity contribution < 1.29 is 14.3 Å². The zero-order chi connectivity index (χ0) is 16.4. The summed E-state index contributed by atoms with van der Waals surface area (Å²) in [5, 5.41) is 3.97. The molecule has 23 heavy (non-hydrogen) atoms. The number of hydrogen-bond acceptors (Lipinski definition) is 5. The van der Waals surface area contributed by atoms with Crippen LogP contribution in [0, 0.1) is 5.92 Å². The van der Waals surface area contributed by atoms with Crippen molar-refractivity contribution in [3.05, 3.63) is 16.8 Å². The fourth-order valence-corrected chi connectivity index (χ4v) is 3.72. The Morgan fingerprint density at radius 3 is 3.00 bits per heavy atom. The van der Waals surface area contributed by atoms with Crippen LogP contribution in [0.2, 0.25) is 0 Å². The van der Waals surface area contributed by atoms with Crippen LogP contribution in [0.15, 0.2) is 11.1 Å². The monoisotopic (exact) mass is 324 g/mol. The maximum atomic E-state index is 12.7. The Hall–Kier alpha value is -1.67. The molecule has 2 heterocycles. The molecule has 2 fully saturated rings. The van der Waals surface area contributed by atoms with Gasteiger partial charge in [-0.15, -0.1) is 0 Å². The van der Waals surface area contributed by atoms with E-state index < -0.39 is 0 Å². The van der Waals surface area contributed by atoms with Gasteiger partial charge in [0, 0.05) is 26.6 Å². The summed E-state index contributed by atoms with van der Waals surface area (Å²) >= 11 is 0. The minimum Gasteiger partial charge on any atom is -0.381 e. The number of methoxy groups -OCH3 is 1. The highest BCUT2D eigenvalue weighted by molar-refractivity contribution is 5.76. The van der Waals surface area contributed by atoms with E-state index in [-0.39, 0.29) is 30.3 Å². The Kier molecular flexibility index (Phi) is 4.82. The van der Waals surface area contributed by atoms with Crippen LogP contribution in [0.4, 0.5) is 0 Å². The van der Waals surface area contributed by atoms with Gasteiger partial charge in [0.1, 0.15) is 12.9 Å². The average Bonchev–Trinajstić information content (AvgIpc) is 3.16. The third-order valence-corrected chi connectivity index (χ3v) is 4.96. The molecule has 2 aliphatic rings. The lowest BCUT2D eigenvalue weighted by molar-refractivity contribution is -0.145. The molecule has 1 aromatic rings. The molecule has 8 heteroatoms. The topological polar surface area (TPSA) is 78.6 Å². The van der Waals surface area contributed by atoms with Gasteiger partial charge in [0.05, 0.1) is 25.4 Å². The summed E-state index contributed by atoms with van der Waals surface area (Å²) in [6, 6.07) is 0.0168. The lowest BCUT2D eigenvalue weighted by Gasteiger charge is -2.40. The first-order valence-electron chi connectivity index (χ1n) is 8.10. The first-order chi connectivity index (χ1) is 11.1. The number of hydrogen-bond donors (Lipinski definition) is 0. The quantitative estimate of drug-likeness (QED) is 0.755. The van der Waals surface area contributed by atoms with E-state index in [4.69, 9.17) is 9.47 Å². The highest BCUT2D eigenvalue weighted by Gasteiger charge is 2.40. The fraction of sp³-hybridized carbons (Fsp3) is 0.800. The van der Waals surface area contributed by atoms with E-state index in [2.05, 4.69) is 5.10 Å². The van der Waals surface area contributed by atoms with Crippen LogP contribution in [0.1, 0.15) is 19.3 Å². The lowest BCUT2D eigenvalue weighted by atomic mass is 9.94. The number of aromatic nitrogens is 3. The predicted molar refractivity (Wildman–Crippen MR) is 81.9 cm³/mol. The second kappa shape index (κ2) is 6.84. The Labute approximate surface area is 135 Å². The standard InChI is InChI=1S/C15H24N4O4/c1-17-10-16-19(15(17)21)8-14(20)18-6-7-23-9-12(18)11-4-3-5-13(11)22-2/h10-13H,3-9H2,1-2H3. The van der Waals surface area contributed by atoms with E-state index in [9.17, 15) is 9.59 Å². The van der Waals surface area contributed by atoms with Gasteiger partial charge in [-0.3, -0.25) is 9.36 Å². The summed E-state index contributed by atoms with van der Waals surface area (Å²) in [7, 11) is 3.35. The first-order valence-corrected chi connectivity index (χ1v) is 8.10. The number of carbonyl (C=O) groups excluding carboxylic acids is 1. The minimum absolute atomic E-state index is 0.0168. The van der Waals surface area contributed by atoms with Gasteiger partial charge in [0.25, 0.3) is 0 Å². The van der Waals surface area contributed by atoms with E-state index in [1.165, 1.54) is 15.6 Å². The summed E-state index contributed by atoms with van der Waals surface area (Å²) in [5.74, 6) is 0.213. The Bertz CT molecular complexity index is 611. The summed E-state index contributed by atoms with van der Waals surface area (Å²) in [6.07, 6.45) is 4.78. The van der Waals surface area contributed by atoms with Crippen LogP contribution in [0.25, 0.3) is 0 Å². The number of aryl methyl sites for hydroxylation is 1. The molecule has 1 aromatic heterocycles. The van der Waals surface area contributed by atoms with E-state index in [1.807, 2.05) is 4.90 Å². The van der Waals surface area contributed by atoms with Crippen LogP contribution in [0.3, 0.4) is 0 Å². The molecule has 3 atom stereocenters. The van der Waals surface area contributed by atoms with Gasteiger partial charge in [-0.2, -0.15) is 5.10 Å². The normalized spacial score (nSPS) is 28.3. The molecule has 0 spiro atoms. The molecular formula is C15H24N4O4. The van der Waals surface area contributed by atoms with Crippen LogP contribution < -0.4 is 5.69 Å². The molecule has 0 N–H and O–H groups in total. The van der Waals surface area contributed by atoms with Crippen molar-refractivity contribution >= 4 is 5.91 Å². The molecule has 128 valence electrons.